The van der Waals surface area contributed by atoms with Gasteiger partial charge >= 0.3 is 11.8 Å². The molecular weight excluding hydrogens is 469 g/mol. The van der Waals surface area contributed by atoms with Crippen molar-refractivity contribution in [2.24, 2.45) is 0 Å². The Morgan fingerprint density at radius 3 is 2.64 bits per heavy atom. The topological polar surface area (TPSA) is 115 Å². The number of para-hydroxylation sites is 1. The summed E-state index contributed by atoms with van der Waals surface area (Å²) in [7, 11) is 1.46. The van der Waals surface area contributed by atoms with Crippen molar-refractivity contribution >= 4 is 29.0 Å². The summed E-state index contributed by atoms with van der Waals surface area (Å²) in [6.45, 7) is 0.534. The fourth-order valence-corrected chi connectivity index (χ4v) is 3.56. The van der Waals surface area contributed by atoms with Crippen LogP contribution in [0.4, 0.5) is 5.82 Å². The van der Waals surface area contributed by atoms with Crippen LogP contribution in [0.15, 0.2) is 63.9 Å². The molecule has 11 heteroatoms. The Hall–Kier alpha value is -3.56. The highest BCUT2D eigenvalue weighted by Gasteiger charge is 2.24. The van der Waals surface area contributed by atoms with Crippen LogP contribution < -0.4 is 20.5 Å². The molecule has 0 saturated carbocycles. The quantitative estimate of drug-likeness (QED) is 0.359. The summed E-state index contributed by atoms with van der Waals surface area (Å²) in [4.78, 5) is 22.8. The van der Waals surface area contributed by atoms with Crippen LogP contribution in [0, 0.1) is 0 Å². The molecule has 4 aromatic rings. The molecule has 0 aliphatic rings. The lowest BCUT2D eigenvalue weighted by atomic mass is 10.1. The minimum atomic E-state index is -0.873. The second-order valence-electron chi connectivity index (χ2n) is 6.87. The molecule has 0 spiro atoms. The zero-order chi connectivity index (χ0) is 23.2. The van der Waals surface area contributed by atoms with Gasteiger partial charge in [-0.15, -0.1) is 0 Å². The highest BCUT2D eigenvalue weighted by atomic mass is 35.5. The number of ether oxygens (including phenoxy) is 2. The van der Waals surface area contributed by atoms with Crippen molar-refractivity contribution in [3.05, 3.63) is 92.3 Å². The summed E-state index contributed by atoms with van der Waals surface area (Å²) in [5, 5.41) is 8.18. The summed E-state index contributed by atoms with van der Waals surface area (Å²) in [6, 6.07) is 16.2. The molecule has 9 nitrogen and oxygen atoms in total. The smallest absolute Gasteiger partial charge is 0.439 e. The standard InChI is InChI=1S/C22H19Cl2N5O4/c1-31-21-26-17(12-18(27-21)25-10-9-13-7-8-14(23)11-16(13)24)19(20-28-22(30)33-29-20)32-15-5-3-2-4-6-15/h2-8,11-12,19H,9-10H2,1H3,(H,25,26,27)(H,28,29,30). The predicted molar refractivity (Wildman–Crippen MR) is 123 cm³/mol. The van der Waals surface area contributed by atoms with Gasteiger partial charge < -0.3 is 14.8 Å². The van der Waals surface area contributed by atoms with Crippen LogP contribution in [0.3, 0.4) is 0 Å². The average Bonchev–Trinajstić information content (AvgIpc) is 3.25. The first kappa shape index (κ1) is 22.6. The molecule has 0 radical (unpaired) electrons. The van der Waals surface area contributed by atoms with Crippen molar-refractivity contribution in [1.82, 2.24) is 20.1 Å². The van der Waals surface area contributed by atoms with Crippen molar-refractivity contribution in [1.29, 1.82) is 0 Å². The number of hydrogen-bond donors (Lipinski definition) is 2. The zero-order valence-electron chi connectivity index (χ0n) is 17.4. The number of hydrogen-bond acceptors (Lipinski definition) is 8. The lowest BCUT2D eigenvalue weighted by molar-refractivity contribution is 0.223. The Kier molecular flexibility index (Phi) is 7.11. The van der Waals surface area contributed by atoms with Crippen molar-refractivity contribution in [2.45, 2.75) is 12.5 Å². The number of H-pyrrole nitrogens is 1. The average molecular weight is 488 g/mol. The van der Waals surface area contributed by atoms with Crippen molar-refractivity contribution in [3.63, 3.8) is 0 Å². The molecule has 170 valence electrons. The zero-order valence-corrected chi connectivity index (χ0v) is 18.9. The first-order valence-electron chi connectivity index (χ1n) is 9.90. The third-order valence-electron chi connectivity index (χ3n) is 4.59. The van der Waals surface area contributed by atoms with Gasteiger partial charge in [0.05, 0.1) is 12.8 Å². The van der Waals surface area contributed by atoms with Gasteiger partial charge in [-0.25, -0.2) is 4.79 Å². The first-order valence-corrected chi connectivity index (χ1v) is 10.7. The molecule has 0 bridgehead atoms. The maximum absolute atomic E-state index is 11.6. The third-order valence-corrected chi connectivity index (χ3v) is 5.18. The molecular formula is C22H19Cl2N5O4. The fourth-order valence-electron chi connectivity index (χ4n) is 3.05. The number of rotatable bonds is 9. The minimum absolute atomic E-state index is 0.118. The van der Waals surface area contributed by atoms with Gasteiger partial charge in [-0.05, 0) is 36.2 Å². The Labute approximate surface area is 198 Å². The number of benzene rings is 2. The van der Waals surface area contributed by atoms with Crippen molar-refractivity contribution in [2.75, 3.05) is 19.0 Å². The van der Waals surface area contributed by atoms with Crippen LogP contribution in [-0.2, 0) is 6.42 Å². The Morgan fingerprint density at radius 2 is 1.94 bits per heavy atom. The molecule has 4 rings (SSSR count). The van der Waals surface area contributed by atoms with Crippen LogP contribution in [0.1, 0.15) is 23.2 Å². The van der Waals surface area contributed by atoms with Crippen LogP contribution in [0.25, 0.3) is 0 Å². The molecule has 1 unspecified atom stereocenters. The van der Waals surface area contributed by atoms with Gasteiger partial charge in [0.25, 0.3) is 0 Å². The van der Waals surface area contributed by atoms with E-state index in [2.05, 4.69) is 29.9 Å². The molecule has 0 saturated heterocycles. The molecule has 0 fully saturated rings. The second kappa shape index (κ2) is 10.4. The van der Waals surface area contributed by atoms with E-state index in [4.69, 9.17) is 32.7 Å². The normalized spacial score (nSPS) is 11.7. The molecule has 33 heavy (non-hydrogen) atoms. The first-order chi connectivity index (χ1) is 16.0. The maximum Gasteiger partial charge on any atom is 0.439 e. The van der Waals surface area contributed by atoms with E-state index in [1.807, 2.05) is 24.3 Å². The number of methoxy groups -OCH3 is 1. The molecule has 2 aromatic carbocycles. The third kappa shape index (κ3) is 5.82. The van der Waals surface area contributed by atoms with Gasteiger partial charge in [0.15, 0.2) is 5.82 Å². The lowest BCUT2D eigenvalue weighted by Crippen LogP contribution is -2.16. The van der Waals surface area contributed by atoms with Crippen LogP contribution in [0.2, 0.25) is 10.0 Å². The monoisotopic (exact) mass is 487 g/mol. The SMILES string of the molecule is COc1nc(NCCc2ccc(Cl)cc2Cl)cc(C(Oc2ccccc2)c2noc(=O)[nH]2)n1. The van der Waals surface area contributed by atoms with Crippen LogP contribution in [0.5, 0.6) is 11.8 Å². The molecule has 1 atom stereocenters. The predicted octanol–water partition coefficient (Wildman–Crippen LogP) is 4.29. The Balaban J connectivity index is 1.59. The van der Waals surface area contributed by atoms with Gasteiger partial charge in [0.1, 0.15) is 11.6 Å². The number of aromatic amines is 1. The number of nitrogens with zero attached hydrogens (tertiary/aromatic N) is 3. The molecule has 0 amide bonds. The van der Waals surface area contributed by atoms with Crippen LogP contribution in [-0.4, -0.2) is 33.8 Å². The molecule has 0 aliphatic heterocycles. The van der Waals surface area contributed by atoms with E-state index in [-0.39, 0.29) is 11.8 Å². The van der Waals surface area contributed by atoms with Crippen molar-refractivity contribution < 1.29 is 14.0 Å². The molecule has 2 aromatic heterocycles. The van der Waals surface area contributed by atoms with E-state index in [0.717, 1.165) is 5.56 Å². The lowest BCUT2D eigenvalue weighted by Gasteiger charge is -2.17. The van der Waals surface area contributed by atoms with Gasteiger partial charge in [0, 0.05) is 22.7 Å². The van der Waals surface area contributed by atoms with Gasteiger partial charge in [0.2, 0.25) is 6.10 Å². The highest BCUT2D eigenvalue weighted by Crippen LogP contribution is 2.27. The number of nitrogens with one attached hydrogen (secondary N) is 2. The van der Waals surface area contributed by atoms with Crippen molar-refractivity contribution in [3.8, 4) is 11.8 Å². The maximum atomic E-state index is 11.6. The minimum Gasteiger partial charge on any atom is -0.476 e. The fraction of sp³-hybridized carbons (Fsp3) is 0.182. The van der Waals surface area contributed by atoms with E-state index >= 15 is 0 Å². The van der Waals surface area contributed by atoms with Gasteiger partial charge in [-0.1, -0.05) is 52.6 Å². The van der Waals surface area contributed by atoms with E-state index in [9.17, 15) is 4.79 Å². The van der Waals surface area contributed by atoms with E-state index in [1.165, 1.54) is 7.11 Å². The molecule has 2 heterocycles. The second-order valence-corrected chi connectivity index (χ2v) is 7.71. The highest BCUT2D eigenvalue weighted by molar-refractivity contribution is 6.35. The Bertz CT molecular complexity index is 1280. The Morgan fingerprint density at radius 1 is 1.12 bits per heavy atom. The van der Waals surface area contributed by atoms with Gasteiger partial charge in [-0.3, -0.25) is 9.51 Å². The summed E-state index contributed by atoms with van der Waals surface area (Å²) in [5.41, 5.74) is 1.35. The van der Waals surface area contributed by atoms with Gasteiger partial charge in [-0.2, -0.15) is 9.97 Å². The summed E-state index contributed by atoms with van der Waals surface area (Å²) >= 11 is 12.2. The molecule has 0 aliphatic carbocycles. The van der Waals surface area contributed by atoms with Crippen LogP contribution >= 0.6 is 23.2 Å². The summed E-state index contributed by atoms with van der Waals surface area (Å²) in [5.74, 6) is 0.500. The van der Waals surface area contributed by atoms with E-state index in [1.54, 1.807) is 30.3 Å². The summed E-state index contributed by atoms with van der Waals surface area (Å²) in [6.07, 6.45) is -0.236. The largest absolute Gasteiger partial charge is 0.476 e. The summed E-state index contributed by atoms with van der Waals surface area (Å²) < 4.78 is 16.0. The number of halogens is 2. The van der Waals surface area contributed by atoms with E-state index < -0.39 is 11.9 Å². The van der Waals surface area contributed by atoms with E-state index in [0.29, 0.717) is 40.3 Å². The number of aromatic nitrogens is 4. The number of anilines is 1. The molecule has 2 N–H and O–H groups in total.